The van der Waals surface area contributed by atoms with Crippen LogP contribution < -0.4 is 14.5 Å². The van der Waals surface area contributed by atoms with Gasteiger partial charge in [-0.1, -0.05) is 30.3 Å². The molecule has 1 unspecified atom stereocenters. The average Bonchev–Trinajstić information content (AvgIpc) is 3.15. The van der Waals surface area contributed by atoms with Gasteiger partial charge < -0.3 is 9.64 Å². The van der Waals surface area contributed by atoms with Gasteiger partial charge >= 0.3 is 0 Å². The van der Waals surface area contributed by atoms with Crippen molar-refractivity contribution in [2.75, 3.05) is 16.3 Å². The number of amides is 2. The fourth-order valence-corrected chi connectivity index (χ4v) is 4.13. The molecule has 0 saturated carbocycles. The minimum Gasteiger partial charge on any atom is -0.479 e. The van der Waals surface area contributed by atoms with E-state index in [0.29, 0.717) is 16.6 Å². The third-order valence-corrected chi connectivity index (χ3v) is 5.63. The summed E-state index contributed by atoms with van der Waals surface area (Å²) in [7, 11) is 0. The SMILES string of the molecule is Cc1csc(N(C(=O)CCN2C(=O)C(C)Oc3ccccc32)c2ccccc2)n1. The first kappa shape index (κ1) is 19.1. The monoisotopic (exact) mass is 407 g/mol. The second kappa shape index (κ2) is 8.05. The first-order valence-electron chi connectivity index (χ1n) is 9.42. The van der Waals surface area contributed by atoms with E-state index in [1.165, 1.54) is 11.3 Å². The highest BCUT2D eigenvalue weighted by Crippen LogP contribution is 2.34. The zero-order chi connectivity index (χ0) is 20.4. The van der Waals surface area contributed by atoms with Crippen LogP contribution in [0, 0.1) is 6.92 Å². The Morgan fingerprint density at radius 3 is 2.62 bits per heavy atom. The number of thiazole rings is 1. The van der Waals surface area contributed by atoms with Gasteiger partial charge in [-0.15, -0.1) is 11.3 Å². The van der Waals surface area contributed by atoms with E-state index < -0.39 is 6.10 Å². The highest BCUT2D eigenvalue weighted by atomic mass is 32.1. The number of aromatic nitrogens is 1. The Kier molecular flexibility index (Phi) is 5.31. The topological polar surface area (TPSA) is 62.7 Å². The predicted molar refractivity (Wildman–Crippen MR) is 114 cm³/mol. The molecule has 4 rings (SSSR count). The van der Waals surface area contributed by atoms with Gasteiger partial charge in [-0.25, -0.2) is 4.98 Å². The van der Waals surface area contributed by atoms with Crippen LogP contribution in [-0.4, -0.2) is 29.4 Å². The summed E-state index contributed by atoms with van der Waals surface area (Å²) in [5, 5.41) is 2.54. The summed E-state index contributed by atoms with van der Waals surface area (Å²) in [6.07, 6.45) is -0.410. The maximum Gasteiger partial charge on any atom is 0.267 e. The Balaban J connectivity index is 1.58. The van der Waals surface area contributed by atoms with E-state index in [0.717, 1.165) is 11.4 Å². The number of aryl methyl sites for hydroxylation is 1. The number of hydrogen-bond donors (Lipinski definition) is 0. The van der Waals surface area contributed by atoms with E-state index in [1.807, 2.05) is 66.9 Å². The Morgan fingerprint density at radius 1 is 1.17 bits per heavy atom. The highest BCUT2D eigenvalue weighted by molar-refractivity contribution is 7.14. The van der Waals surface area contributed by atoms with Crippen LogP contribution in [0.4, 0.5) is 16.5 Å². The number of hydrogen-bond acceptors (Lipinski definition) is 5. The zero-order valence-electron chi connectivity index (χ0n) is 16.2. The molecule has 0 fully saturated rings. The summed E-state index contributed by atoms with van der Waals surface area (Å²) in [6, 6.07) is 16.8. The third kappa shape index (κ3) is 3.86. The molecule has 148 valence electrons. The maximum absolute atomic E-state index is 13.2. The molecule has 1 aliphatic rings. The van der Waals surface area contributed by atoms with Gasteiger partial charge in [0.25, 0.3) is 5.91 Å². The molecule has 3 aromatic rings. The van der Waals surface area contributed by atoms with Crippen molar-refractivity contribution >= 4 is 39.7 Å². The standard InChI is InChI=1S/C22H21N3O3S/c1-15-14-29-22(23-15)25(17-8-4-3-5-9-17)20(26)12-13-24-18-10-6-7-11-19(18)28-16(2)21(24)27/h3-11,14,16H,12-13H2,1-2H3. The summed E-state index contributed by atoms with van der Waals surface area (Å²) in [5.74, 6) is 0.394. The molecule has 0 radical (unpaired) electrons. The minimum absolute atomic E-state index is 0.116. The first-order valence-corrected chi connectivity index (χ1v) is 10.3. The fraction of sp³-hybridized carbons (Fsp3) is 0.227. The molecule has 0 spiro atoms. The molecule has 7 heteroatoms. The second-order valence-corrected chi connectivity index (χ2v) is 7.64. The second-order valence-electron chi connectivity index (χ2n) is 6.80. The Hall–Kier alpha value is -3.19. The van der Waals surface area contributed by atoms with Gasteiger partial charge in [-0.05, 0) is 38.1 Å². The van der Waals surface area contributed by atoms with E-state index in [9.17, 15) is 9.59 Å². The van der Waals surface area contributed by atoms with Crippen LogP contribution in [-0.2, 0) is 9.59 Å². The van der Waals surface area contributed by atoms with Crippen LogP contribution in [0.5, 0.6) is 5.75 Å². The van der Waals surface area contributed by atoms with E-state index in [2.05, 4.69) is 4.98 Å². The molecule has 1 aliphatic heterocycles. The lowest BCUT2D eigenvalue weighted by Crippen LogP contribution is -2.45. The molecule has 2 aromatic carbocycles. The fourth-order valence-electron chi connectivity index (χ4n) is 3.29. The largest absolute Gasteiger partial charge is 0.479 e. The molecule has 0 bridgehead atoms. The van der Waals surface area contributed by atoms with E-state index in [4.69, 9.17) is 4.74 Å². The van der Waals surface area contributed by atoms with Gasteiger partial charge in [-0.3, -0.25) is 14.5 Å². The average molecular weight is 407 g/mol. The van der Waals surface area contributed by atoms with Crippen molar-refractivity contribution < 1.29 is 14.3 Å². The van der Waals surface area contributed by atoms with Crippen LogP contribution in [0.1, 0.15) is 19.0 Å². The molecule has 6 nitrogen and oxygen atoms in total. The van der Waals surface area contributed by atoms with Crippen LogP contribution in [0.25, 0.3) is 0 Å². The maximum atomic E-state index is 13.2. The molecule has 1 atom stereocenters. The molecule has 2 amide bonds. The number of anilines is 3. The predicted octanol–water partition coefficient (Wildman–Crippen LogP) is 4.32. The summed E-state index contributed by atoms with van der Waals surface area (Å²) in [5.41, 5.74) is 2.32. The summed E-state index contributed by atoms with van der Waals surface area (Å²) in [6.45, 7) is 3.90. The molecule has 0 N–H and O–H groups in total. The van der Waals surface area contributed by atoms with Gasteiger partial charge in [0.15, 0.2) is 11.2 Å². The number of para-hydroxylation sites is 3. The van der Waals surface area contributed by atoms with Crippen LogP contribution in [0.2, 0.25) is 0 Å². The number of benzene rings is 2. The van der Waals surface area contributed by atoms with Crippen LogP contribution in [0.3, 0.4) is 0 Å². The van der Waals surface area contributed by atoms with E-state index in [-0.39, 0.29) is 24.8 Å². The molecule has 1 aromatic heterocycles. The van der Waals surface area contributed by atoms with E-state index in [1.54, 1.807) is 16.7 Å². The van der Waals surface area contributed by atoms with Gasteiger partial charge in [0, 0.05) is 18.3 Å². The van der Waals surface area contributed by atoms with Crippen molar-refractivity contribution in [3.8, 4) is 5.75 Å². The van der Waals surface area contributed by atoms with Gasteiger partial charge in [-0.2, -0.15) is 0 Å². The van der Waals surface area contributed by atoms with Gasteiger partial charge in [0.05, 0.1) is 17.1 Å². The number of ether oxygens (including phenoxy) is 1. The summed E-state index contributed by atoms with van der Waals surface area (Å²) < 4.78 is 5.68. The van der Waals surface area contributed by atoms with Crippen LogP contribution >= 0.6 is 11.3 Å². The molecule has 29 heavy (non-hydrogen) atoms. The normalized spacial score (nSPS) is 15.6. The van der Waals surface area contributed by atoms with Crippen molar-refractivity contribution in [3.63, 3.8) is 0 Å². The van der Waals surface area contributed by atoms with Gasteiger partial charge in [0.1, 0.15) is 5.75 Å². The number of carbonyl (C=O) groups excluding carboxylic acids is 2. The number of rotatable bonds is 5. The molecule has 2 heterocycles. The van der Waals surface area contributed by atoms with Crippen molar-refractivity contribution in [2.45, 2.75) is 26.4 Å². The van der Waals surface area contributed by atoms with Crippen molar-refractivity contribution in [2.24, 2.45) is 0 Å². The quantitative estimate of drug-likeness (QED) is 0.632. The Bertz CT molecular complexity index is 1030. The molecular formula is C22H21N3O3S. The third-order valence-electron chi connectivity index (χ3n) is 4.68. The van der Waals surface area contributed by atoms with Crippen molar-refractivity contribution in [1.82, 2.24) is 4.98 Å². The number of nitrogens with zero attached hydrogens (tertiary/aromatic N) is 3. The van der Waals surface area contributed by atoms with E-state index >= 15 is 0 Å². The minimum atomic E-state index is -0.577. The van der Waals surface area contributed by atoms with Gasteiger partial charge in [0.2, 0.25) is 5.91 Å². The summed E-state index contributed by atoms with van der Waals surface area (Å²) in [4.78, 5) is 33.6. The van der Waals surface area contributed by atoms with Crippen LogP contribution in [0.15, 0.2) is 60.0 Å². The van der Waals surface area contributed by atoms with Crippen molar-refractivity contribution in [1.29, 1.82) is 0 Å². The lowest BCUT2D eigenvalue weighted by atomic mass is 10.1. The molecule has 0 aliphatic carbocycles. The Labute approximate surface area is 173 Å². The number of fused-ring (bicyclic) bond motifs is 1. The summed E-state index contributed by atoms with van der Waals surface area (Å²) >= 11 is 1.43. The lowest BCUT2D eigenvalue weighted by Gasteiger charge is -2.33. The highest BCUT2D eigenvalue weighted by Gasteiger charge is 2.32. The molecular weight excluding hydrogens is 386 g/mol. The lowest BCUT2D eigenvalue weighted by molar-refractivity contribution is -0.125. The Morgan fingerprint density at radius 2 is 1.90 bits per heavy atom. The van der Waals surface area contributed by atoms with Crippen molar-refractivity contribution in [3.05, 3.63) is 65.7 Å². The zero-order valence-corrected chi connectivity index (χ0v) is 17.1. The molecule has 0 saturated heterocycles. The smallest absolute Gasteiger partial charge is 0.267 e. The number of carbonyl (C=O) groups is 2. The first-order chi connectivity index (χ1) is 14.0.